The molecule has 0 unspecified atom stereocenters. The maximum Gasteiger partial charge on any atom is 0.341 e. The Morgan fingerprint density at radius 1 is 1.25 bits per heavy atom. The molecule has 1 N–H and O–H groups in total. The van der Waals surface area contributed by atoms with Gasteiger partial charge in [-0.3, -0.25) is 9.59 Å². The molecule has 3 rings (SSSR count). The Kier molecular flexibility index (Phi) is 6.02. The van der Waals surface area contributed by atoms with E-state index in [1.807, 2.05) is 0 Å². The summed E-state index contributed by atoms with van der Waals surface area (Å²) in [5.74, 6) is -0.961. The van der Waals surface area contributed by atoms with E-state index in [-0.39, 0.29) is 17.0 Å². The highest BCUT2D eigenvalue weighted by Gasteiger charge is 2.24. The molecule has 2 aromatic heterocycles. The van der Waals surface area contributed by atoms with E-state index < -0.39 is 11.9 Å². The van der Waals surface area contributed by atoms with Gasteiger partial charge in [0.1, 0.15) is 15.4 Å². The van der Waals surface area contributed by atoms with Crippen LogP contribution in [-0.2, 0) is 11.8 Å². The van der Waals surface area contributed by atoms with E-state index in [1.54, 1.807) is 50.5 Å². The summed E-state index contributed by atoms with van der Waals surface area (Å²) in [5.41, 5.74) is 2.28. The normalized spacial score (nSPS) is 10.7. The molecule has 0 bridgehead atoms. The summed E-state index contributed by atoms with van der Waals surface area (Å²) in [6.45, 7) is 3.63. The smallest absolute Gasteiger partial charge is 0.341 e. The lowest BCUT2D eigenvalue weighted by Crippen LogP contribution is -2.15. The van der Waals surface area contributed by atoms with Crippen molar-refractivity contribution in [2.75, 3.05) is 11.9 Å². The molecule has 6 nitrogen and oxygen atoms in total. The third kappa shape index (κ3) is 3.89. The zero-order chi connectivity index (χ0) is 20.4. The fraction of sp³-hybridized carbons (Fsp3) is 0.211. The number of ether oxygens (including phenoxy) is 1. The van der Waals surface area contributed by atoms with E-state index in [2.05, 4.69) is 5.32 Å². The zero-order valence-corrected chi connectivity index (χ0v) is 17.8. The number of thiazole rings is 1. The van der Waals surface area contributed by atoms with Crippen molar-refractivity contribution in [1.29, 1.82) is 0 Å². The van der Waals surface area contributed by atoms with Crippen LogP contribution in [0.3, 0.4) is 0 Å². The van der Waals surface area contributed by atoms with E-state index >= 15 is 0 Å². The van der Waals surface area contributed by atoms with E-state index in [1.165, 1.54) is 15.9 Å². The van der Waals surface area contributed by atoms with Gasteiger partial charge < -0.3 is 14.6 Å². The third-order valence-electron chi connectivity index (χ3n) is 4.15. The van der Waals surface area contributed by atoms with Crippen LogP contribution in [0.25, 0.3) is 11.1 Å². The number of aromatic nitrogens is 1. The van der Waals surface area contributed by atoms with E-state index in [0.717, 1.165) is 16.9 Å². The van der Waals surface area contributed by atoms with Gasteiger partial charge in [0, 0.05) is 28.7 Å². The van der Waals surface area contributed by atoms with Gasteiger partial charge in [0.15, 0.2) is 0 Å². The van der Waals surface area contributed by atoms with Gasteiger partial charge in [-0.15, -0.1) is 11.3 Å². The second-order valence-corrected chi connectivity index (χ2v) is 8.15. The Balaban J connectivity index is 2.02. The summed E-state index contributed by atoms with van der Waals surface area (Å²) in [6, 6.07) is 7.05. The van der Waals surface area contributed by atoms with Crippen LogP contribution in [0.4, 0.5) is 5.00 Å². The van der Waals surface area contributed by atoms with Crippen LogP contribution in [0.5, 0.6) is 0 Å². The van der Waals surface area contributed by atoms with Gasteiger partial charge in [-0.1, -0.05) is 35.1 Å². The van der Waals surface area contributed by atoms with Gasteiger partial charge >= 0.3 is 10.8 Å². The first-order valence-electron chi connectivity index (χ1n) is 8.35. The summed E-state index contributed by atoms with van der Waals surface area (Å²) < 4.78 is 6.60. The SMILES string of the molecule is CCOC(=O)c1c(-c2ccc(Cl)cc2)csc1NC(=O)c1sc(=O)n(C)c1C. The number of hydrogen-bond acceptors (Lipinski definition) is 6. The average Bonchev–Trinajstić information content (AvgIpc) is 3.19. The van der Waals surface area contributed by atoms with Crippen molar-refractivity contribution in [1.82, 2.24) is 4.57 Å². The van der Waals surface area contributed by atoms with Crippen molar-refractivity contribution < 1.29 is 14.3 Å². The van der Waals surface area contributed by atoms with E-state index in [0.29, 0.717) is 26.2 Å². The number of halogens is 1. The number of hydrogen-bond donors (Lipinski definition) is 1. The van der Waals surface area contributed by atoms with Gasteiger partial charge in [0.05, 0.1) is 6.61 Å². The van der Waals surface area contributed by atoms with Crippen molar-refractivity contribution in [3.05, 3.63) is 60.5 Å². The number of anilines is 1. The van der Waals surface area contributed by atoms with E-state index in [4.69, 9.17) is 16.3 Å². The second-order valence-electron chi connectivity index (χ2n) is 5.88. The molecule has 9 heteroatoms. The molecule has 3 aromatic rings. The lowest BCUT2D eigenvalue weighted by molar-refractivity contribution is 0.0529. The van der Waals surface area contributed by atoms with Crippen LogP contribution in [0.1, 0.15) is 32.6 Å². The standard InChI is InChI=1S/C19H17ClN2O4S2/c1-4-26-18(24)14-13(11-5-7-12(20)8-6-11)9-27-17(14)21-16(23)15-10(2)22(3)19(25)28-15/h5-9H,4H2,1-3H3,(H,21,23). The maximum absolute atomic E-state index is 12.7. The third-order valence-corrected chi connectivity index (χ3v) is 6.43. The van der Waals surface area contributed by atoms with Crippen molar-refractivity contribution in [2.24, 2.45) is 7.05 Å². The number of thiophene rings is 1. The molecule has 28 heavy (non-hydrogen) atoms. The first-order chi connectivity index (χ1) is 13.3. The Morgan fingerprint density at radius 3 is 2.50 bits per heavy atom. The molecule has 0 atom stereocenters. The van der Waals surface area contributed by atoms with Gasteiger partial charge in [0.2, 0.25) is 0 Å². The predicted molar refractivity (Wildman–Crippen MR) is 113 cm³/mol. The van der Waals surface area contributed by atoms with Crippen molar-refractivity contribution >= 4 is 51.2 Å². The Morgan fingerprint density at radius 2 is 1.93 bits per heavy atom. The molecule has 0 aliphatic heterocycles. The van der Waals surface area contributed by atoms with Crippen LogP contribution in [0.2, 0.25) is 5.02 Å². The lowest BCUT2D eigenvalue weighted by Gasteiger charge is -2.09. The number of rotatable bonds is 5. The summed E-state index contributed by atoms with van der Waals surface area (Å²) in [4.78, 5) is 37.2. The molecule has 0 spiro atoms. The van der Waals surface area contributed by atoms with Gasteiger partial charge in [0.25, 0.3) is 5.91 Å². The minimum atomic E-state index is -0.526. The van der Waals surface area contributed by atoms with Crippen LogP contribution >= 0.6 is 34.3 Å². The van der Waals surface area contributed by atoms with Crippen molar-refractivity contribution in [2.45, 2.75) is 13.8 Å². The minimum Gasteiger partial charge on any atom is -0.462 e. The van der Waals surface area contributed by atoms with Crippen LogP contribution in [0.15, 0.2) is 34.4 Å². The summed E-state index contributed by atoms with van der Waals surface area (Å²) in [7, 11) is 1.61. The summed E-state index contributed by atoms with van der Waals surface area (Å²) in [5, 5.41) is 5.50. The van der Waals surface area contributed by atoms with Crippen LogP contribution in [0, 0.1) is 6.92 Å². The quantitative estimate of drug-likeness (QED) is 0.594. The summed E-state index contributed by atoms with van der Waals surface area (Å²) in [6.07, 6.45) is 0. The molecule has 1 amide bonds. The number of benzene rings is 1. The molecule has 0 aliphatic rings. The molecule has 1 aromatic carbocycles. The van der Waals surface area contributed by atoms with Crippen molar-refractivity contribution in [3.8, 4) is 11.1 Å². The minimum absolute atomic E-state index is 0.210. The Bertz CT molecular complexity index is 1100. The largest absolute Gasteiger partial charge is 0.462 e. The first-order valence-corrected chi connectivity index (χ1v) is 10.4. The van der Waals surface area contributed by atoms with Gasteiger partial charge in [-0.05, 0) is 31.5 Å². The molecule has 146 valence electrons. The topological polar surface area (TPSA) is 77.4 Å². The highest BCUT2D eigenvalue weighted by molar-refractivity contribution is 7.15. The maximum atomic E-state index is 12.7. The van der Waals surface area contributed by atoms with Gasteiger partial charge in [-0.2, -0.15) is 0 Å². The zero-order valence-electron chi connectivity index (χ0n) is 15.4. The number of carbonyl (C=O) groups excluding carboxylic acids is 2. The monoisotopic (exact) mass is 436 g/mol. The average molecular weight is 437 g/mol. The predicted octanol–water partition coefficient (Wildman–Crippen LogP) is 4.57. The Hall–Kier alpha value is -2.42. The van der Waals surface area contributed by atoms with Gasteiger partial charge in [-0.25, -0.2) is 4.79 Å². The van der Waals surface area contributed by atoms with E-state index in [9.17, 15) is 14.4 Å². The number of carbonyl (C=O) groups is 2. The fourth-order valence-electron chi connectivity index (χ4n) is 2.59. The fourth-order valence-corrected chi connectivity index (χ4v) is 4.54. The molecule has 0 aliphatic carbocycles. The number of amides is 1. The highest BCUT2D eigenvalue weighted by atomic mass is 35.5. The molecule has 0 saturated heterocycles. The second kappa shape index (κ2) is 8.30. The van der Waals surface area contributed by atoms with Crippen LogP contribution < -0.4 is 10.2 Å². The molecule has 2 heterocycles. The molecular formula is C19H17ClN2O4S2. The highest BCUT2D eigenvalue weighted by Crippen LogP contribution is 2.37. The Labute approximate surface area is 174 Å². The number of nitrogens with zero attached hydrogens (tertiary/aromatic N) is 1. The van der Waals surface area contributed by atoms with Crippen LogP contribution in [-0.4, -0.2) is 23.1 Å². The number of esters is 1. The lowest BCUT2D eigenvalue weighted by atomic mass is 10.0. The molecule has 0 saturated carbocycles. The first kappa shape index (κ1) is 20.3. The van der Waals surface area contributed by atoms with Crippen molar-refractivity contribution in [3.63, 3.8) is 0 Å². The molecular weight excluding hydrogens is 420 g/mol. The molecule has 0 fully saturated rings. The summed E-state index contributed by atoms with van der Waals surface area (Å²) >= 11 is 8.04. The number of nitrogens with one attached hydrogen (secondary N) is 1. The molecule has 0 radical (unpaired) electrons.